The highest BCUT2D eigenvalue weighted by atomic mass is 32.2. The molecule has 0 saturated carbocycles. The first-order valence-corrected chi connectivity index (χ1v) is 6.30. The third kappa shape index (κ3) is 4.33. The maximum Gasteiger partial charge on any atom is 0.307 e. The Morgan fingerprint density at radius 1 is 1.64 bits per heavy atom. The summed E-state index contributed by atoms with van der Waals surface area (Å²) in [4.78, 5) is 10.5. The molecule has 1 heterocycles. The van der Waals surface area contributed by atoms with Gasteiger partial charge in [0, 0.05) is 18.3 Å². The Labute approximate surface area is 89.6 Å². The Morgan fingerprint density at radius 2 is 2.43 bits per heavy atom. The molecule has 2 unspecified atom stereocenters. The number of carboxylic acid groups (broad SMARTS) is 1. The number of carbonyl (C=O) groups is 1. The van der Waals surface area contributed by atoms with Gasteiger partial charge in [-0.3, -0.25) is 4.79 Å². The summed E-state index contributed by atoms with van der Waals surface area (Å²) in [6.07, 6.45) is 3.94. The molecular formula is C10H19NO2S. The Bertz CT molecular complexity index is 181. The van der Waals surface area contributed by atoms with Gasteiger partial charge in [-0.25, -0.2) is 0 Å². The molecule has 0 aliphatic carbocycles. The van der Waals surface area contributed by atoms with Gasteiger partial charge in [0.2, 0.25) is 0 Å². The molecule has 0 amide bonds. The maximum atomic E-state index is 10.5. The number of rotatable bonds is 5. The van der Waals surface area contributed by atoms with Gasteiger partial charge in [0.15, 0.2) is 0 Å². The summed E-state index contributed by atoms with van der Waals surface area (Å²) in [6.45, 7) is 3.29. The molecule has 4 heteroatoms. The van der Waals surface area contributed by atoms with Crippen molar-refractivity contribution in [3.05, 3.63) is 0 Å². The summed E-state index contributed by atoms with van der Waals surface area (Å²) in [6, 6.07) is 0. The smallest absolute Gasteiger partial charge is 0.307 e. The highest BCUT2D eigenvalue weighted by molar-refractivity contribution is 7.99. The second-order valence-electron chi connectivity index (χ2n) is 3.89. The number of hydrogen-bond donors (Lipinski definition) is 2. The fraction of sp³-hybridized carbons (Fsp3) is 0.900. The van der Waals surface area contributed by atoms with Crippen molar-refractivity contribution in [2.24, 2.45) is 5.92 Å². The lowest BCUT2D eigenvalue weighted by molar-refractivity contribution is -0.140. The first-order chi connectivity index (χ1) is 6.70. The average Bonchev–Trinajstić information content (AvgIpc) is 2.19. The zero-order chi connectivity index (χ0) is 10.4. The molecule has 1 aliphatic rings. The lowest BCUT2D eigenvalue weighted by Gasteiger charge is -2.21. The van der Waals surface area contributed by atoms with Crippen LogP contribution in [0.25, 0.3) is 0 Å². The molecule has 0 aromatic heterocycles. The molecular weight excluding hydrogens is 198 g/mol. The van der Waals surface area contributed by atoms with Crippen LogP contribution in [-0.2, 0) is 4.79 Å². The van der Waals surface area contributed by atoms with E-state index in [1.165, 1.54) is 25.0 Å². The van der Waals surface area contributed by atoms with Gasteiger partial charge in [-0.15, -0.1) is 0 Å². The summed E-state index contributed by atoms with van der Waals surface area (Å²) >= 11 is 2.01. The lowest BCUT2D eigenvalue weighted by Crippen LogP contribution is -2.32. The number of carboxylic acids is 1. The summed E-state index contributed by atoms with van der Waals surface area (Å²) < 4.78 is 0. The first kappa shape index (κ1) is 11.9. The minimum absolute atomic E-state index is 0.274. The summed E-state index contributed by atoms with van der Waals surface area (Å²) in [5.74, 6) is 0.276. The third-order valence-electron chi connectivity index (χ3n) is 2.52. The van der Waals surface area contributed by atoms with Crippen molar-refractivity contribution < 1.29 is 9.90 Å². The summed E-state index contributed by atoms with van der Waals surface area (Å²) in [7, 11) is 0. The summed E-state index contributed by atoms with van der Waals surface area (Å²) in [5, 5.41) is 12.6. The fourth-order valence-electron chi connectivity index (χ4n) is 1.52. The van der Waals surface area contributed by atoms with Crippen molar-refractivity contribution in [1.29, 1.82) is 0 Å². The second-order valence-corrected chi connectivity index (χ2v) is 5.29. The lowest BCUT2D eigenvalue weighted by atomic mass is 10.1. The number of thioether (sulfide) groups is 1. The number of hydrogen-bond acceptors (Lipinski definition) is 3. The van der Waals surface area contributed by atoms with Crippen LogP contribution in [0.5, 0.6) is 0 Å². The number of nitrogens with one attached hydrogen (secondary N) is 1. The van der Waals surface area contributed by atoms with Crippen LogP contribution in [0.4, 0.5) is 0 Å². The molecule has 3 nitrogen and oxygen atoms in total. The van der Waals surface area contributed by atoms with Crippen LogP contribution >= 0.6 is 11.8 Å². The van der Waals surface area contributed by atoms with E-state index in [2.05, 4.69) is 5.32 Å². The molecule has 0 bridgehead atoms. The second kappa shape index (κ2) is 6.30. The van der Waals surface area contributed by atoms with Gasteiger partial charge in [0.25, 0.3) is 0 Å². The van der Waals surface area contributed by atoms with Gasteiger partial charge in [0.05, 0.1) is 5.92 Å². The Morgan fingerprint density at radius 3 is 3.00 bits per heavy atom. The van der Waals surface area contributed by atoms with Gasteiger partial charge in [-0.1, -0.05) is 13.3 Å². The Hall–Kier alpha value is -0.220. The van der Waals surface area contributed by atoms with Crippen molar-refractivity contribution in [1.82, 2.24) is 5.32 Å². The minimum Gasteiger partial charge on any atom is -0.481 e. The standard InChI is InChI=1S/C10H19NO2S/c1-8(10(12)13)6-11-7-9-4-2-3-5-14-9/h8-9,11H,2-7H2,1H3,(H,12,13). The predicted molar refractivity (Wildman–Crippen MR) is 59.8 cm³/mol. The topological polar surface area (TPSA) is 49.3 Å². The van der Waals surface area contributed by atoms with Gasteiger partial charge in [-0.05, 0) is 18.6 Å². The zero-order valence-corrected chi connectivity index (χ0v) is 9.48. The molecule has 1 rings (SSSR count). The molecule has 0 spiro atoms. The van der Waals surface area contributed by atoms with E-state index in [0.717, 1.165) is 6.54 Å². The van der Waals surface area contributed by atoms with Crippen LogP contribution in [0.3, 0.4) is 0 Å². The van der Waals surface area contributed by atoms with Gasteiger partial charge >= 0.3 is 5.97 Å². The van der Waals surface area contributed by atoms with Crippen LogP contribution in [0, 0.1) is 5.92 Å². The largest absolute Gasteiger partial charge is 0.481 e. The Kier molecular flexibility index (Phi) is 5.33. The SMILES string of the molecule is CC(CNCC1CCCCS1)C(=O)O. The normalized spacial score (nSPS) is 24.5. The Balaban J connectivity index is 2.05. The first-order valence-electron chi connectivity index (χ1n) is 5.25. The van der Waals surface area contributed by atoms with Crippen molar-refractivity contribution in [2.75, 3.05) is 18.8 Å². The monoisotopic (exact) mass is 217 g/mol. The van der Waals surface area contributed by atoms with E-state index in [1.807, 2.05) is 11.8 Å². The van der Waals surface area contributed by atoms with Gasteiger partial charge in [-0.2, -0.15) is 11.8 Å². The van der Waals surface area contributed by atoms with Crippen molar-refractivity contribution in [3.63, 3.8) is 0 Å². The molecule has 2 atom stereocenters. The van der Waals surface area contributed by atoms with E-state index >= 15 is 0 Å². The molecule has 14 heavy (non-hydrogen) atoms. The van der Waals surface area contributed by atoms with E-state index in [-0.39, 0.29) is 5.92 Å². The van der Waals surface area contributed by atoms with Crippen molar-refractivity contribution in [3.8, 4) is 0 Å². The highest BCUT2D eigenvalue weighted by Crippen LogP contribution is 2.24. The van der Waals surface area contributed by atoms with Crippen LogP contribution < -0.4 is 5.32 Å². The summed E-state index contributed by atoms with van der Waals surface area (Å²) in [5.41, 5.74) is 0. The quantitative estimate of drug-likeness (QED) is 0.734. The van der Waals surface area contributed by atoms with Crippen LogP contribution in [0.2, 0.25) is 0 Å². The maximum absolute atomic E-state index is 10.5. The van der Waals surface area contributed by atoms with E-state index in [1.54, 1.807) is 6.92 Å². The minimum atomic E-state index is -0.714. The fourth-order valence-corrected chi connectivity index (χ4v) is 2.79. The van der Waals surface area contributed by atoms with E-state index in [9.17, 15) is 4.79 Å². The van der Waals surface area contributed by atoms with Crippen LogP contribution in [0.1, 0.15) is 26.2 Å². The molecule has 82 valence electrons. The van der Waals surface area contributed by atoms with Crippen molar-refractivity contribution in [2.45, 2.75) is 31.4 Å². The van der Waals surface area contributed by atoms with Gasteiger partial charge < -0.3 is 10.4 Å². The van der Waals surface area contributed by atoms with Crippen LogP contribution in [-0.4, -0.2) is 35.2 Å². The molecule has 0 aromatic carbocycles. The predicted octanol–water partition coefficient (Wildman–Crippen LogP) is 1.58. The molecule has 0 radical (unpaired) electrons. The number of aliphatic carboxylic acids is 1. The van der Waals surface area contributed by atoms with Crippen LogP contribution in [0.15, 0.2) is 0 Å². The molecule has 1 aliphatic heterocycles. The van der Waals surface area contributed by atoms with Crippen molar-refractivity contribution >= 4 is 17.7 Å². The van der Waals surface area contributed by atoms with E-state index < -0.39 is 5.97 Å². The van der Waals surface area contributed by atoms with E-state index in [0.29, 0.717) is 11.8 Å². The highest BCUT2D eigenvalue weighted by Gasteiger charge is 2.15. The molecule has 1 fully saturated rings. The van der Waals surface area contributed by atoms with E-state index in [4.69, 9.17) is 5.11 Å². The van der Waals surface area contributed by atoms with Gasteiger partial charge in [0.1, 0.15) is 0 Å². The third-order valence-corrected chi connectivity index (χ3v) is 3.92. The molecule has 0 aromatic rings. The zero-order valence-electron chi connectivity index (χ0n) is 8.66. The average molecular weight is 217 g/mol. The molecule has 1 saturated heterocycles. The molecule has 2 N–H and O–H groups in total.